The summed E-state index contributed by atoms with van der Waals surface area (Å²) in [4.78, 5) is 0. The summed E-state index contributed by atoms with van der Waals surface area (Å²) in [6, 6.07) is 0. The van der Waals surface area contributed by atoms with Crippen molar-refractivity contribution in [1.82, 2.24) is 0 Å². The molecule has 0 aromatic heterocycles. The molecular formula is C17H35P3. The predicted molar refractivity (Wildman–Crippen MR) is 103 cm³/mol. The van der Waals surface area contributed by atoms with Gasteiger partial charge in [0, 0.05) is 0 Å². The van der Waals surface area contributed by atoms with Crippen molar-refractivity contribution in [2.45, 2.75) is 80.2 Å². The van der Waals surface area contributed by atoms with Crippen molar-refractivity contribution in [3.63, 3.8) is 0 Å². The van der Waals surface area contributed by atoms with Crippen molar-refractivity contribution in [3.05, 3.63) is 0 Å². The van der Waals surface area contributed by atoms with E-state index in [0.29, 0.717) is 10.3 Å². The SMILES string of the molecule is CP(C)C1(C(P)C2(P(C)C)CCCCC2)CCCCC1. The van der Waals surface area contributed by atoms with Crippen molar-refractivity contribution in [2.24, 2.45) is 0 Å². The van der Waals surface area contributed by atoms with Gasteiger partial charge in [0.1, 0.15) is 0 Å². The zero-order valence-corrected chi connectivity index (χ0v) is 17.1. The molecule has 0 amide bonds. The summed E-state index contributed by atoms with van der Waals surface area (Å²) < 4.78 is 0. The Morgan fingerprint density at radius 1 is 0.650 bits per heavy atom. The molecule has 2 fully saturated rings. The van der Waals surface area contributed by atoms with Crippen LogP contribution in [-0.2, 0) is 0 Å². The van der Waals surface area contributed by atoms with E-state index in [1.807, 2.05) is 0 Å². The van der Waals surface area contributed by atoms with Crippen LogP contribution in [0.4, 0.5) is 0 Å². The summed E-state index contributed by atoms with van der Waals surface area (Å²) in [7, 11) is 3.75. The molecule has 0 N–H and O–H groups in total. The fourth-order valence-electron chi connectivity index (χ4n) is 4.90. The largest absolute Gasteiger partial charge is 0.133 e. The van der Waals surface area contributed by atoms with E-state index in [-0.39, 0.29) is 15.8 Å². The van der Waals surface area contributed by atoms with Crippen LogP contribution in [-0.4, -0.2) is 42.6 Å². The third-order valence-electron chi connectivity index (χ3n) is 6.38. The third kappa shape index (κ3) is 3.15. The smallest absolute Gasteiger partial charge is 0.00280 e. The first-order valence-corrected chi connectivity index (χ1v) is 13.7. The molecular weight excluding hydrogens is 297 g/mol. The molecule has 0 radical (unpaired) electrons. The molecule has 0 heterocycles. The van der Waals surface area contributed by atoms with Gasteiger partial charge in [-0.15, -0.1) is 25.1 Å². The van der Waals surface area contributed by atoms with Crippen molar-refractivity contribution in [3.8, 4) is 0 Å². The maximum absolute atomic E-state index is 3.42. The summed E-state index contributed by atoms with van der Waals surface area (Å²) in [5.74, 6) is 0. The monoisotopic (exact) mass is 332 g/mol. The first-order valence-electron chi connectivity index (χ1n) is 8.56. The van der Waals surface area contributed by atoms with E-state index in [2.05, 4.69) is 35.9 Å². The Hall–Kier alpha value is 1.29. The van der Waals surface area contributed by atoms with Crippen LogP contribution in [0.2, 0.25) is 0 Å². The molecule has 0 nitrogen and oxygen atoms in total. The molecule has 2 aliphatic carbocycles. The van der Waals surface area contributed by atoms with Gasteiger partial charge in [0.05, 0.1) is 0 Å². The van der Waals surface area contributed by atoms with Gasteiger partial charge in [-0.3, -0.25) is 0 Å². The highest BCUT2D eigenvalue weighted by Gasteiger charge is 2.51. The first-order chi connectivity index (χ1) is 9.46. The summed E-state index contributed by atoms with van der Waals surface area (Å²) in [5, 5.41) is 1.37. The van der Waals surface area contributed by atoms with Gasteiger partial charge in [0.15, 0.2) is 0 Å². The van der Waals surface area contributed by atoms with Gasteiger partial charge >= 0.3 is 0 Å². The van der Waals surface area contributed by atoms with Crippen LogP contribution in [0.1, 0.15) is 64.2 Å². The molecule has 0 saturated heterocycles. The fourth-order valence-corrected chi connectivity index (χ4v) is 11.5. The summed E-state index contributed by atoms with van der Waals surface area (Å²) in [5.41, 5.74) is 0.887. The Balaban J connectivity index is 2.30. The highest BCUT2D eigenvalue weighted by molar-refractivity contribution is 7.60. The number of rotatable bonds is 4. The number of hydrogen-bond acceptors (Lipinski definition) is 0. The van der Waals surface area contributed by atoms with E-state index in [9.17, 15) is 0 Å². The Bertz CT molecular complexity index is 269. The molecule has 0 aromatic carbocycles. The molecule has 2 saturated carbocycles. The van der Waals surface area contributed by atoms with Gasteiger partial charge in [-0.05, 0) is 68.3 Å². The molecule has 1 unspecified atom stereocenters. The van der Waals surface area contributed by atoms with Crippen LogP contribution in [0.25, 0.3) is 0 Å². The minimum Gasteiger partial charge on any atom is -0.133 e. The van der Waals surface area contributed by atoms with E-state index in [4.69, 9.17) is 0 Å². The number of hydrogen-bond donors (Lipinski definition) is 0. The second kappa shape index (κ2) is 7.24. The van der Waals surface area contributed by atoms with E-state index >= 15 is 0 Å². The summed E-state index contributed by atoms with van der Waals surface area (Å²) in [6.45, 7) is 10.3. The van der Waals surface area contributed by atoms with Gasteiger partial charge in [-0.2, -0.15) is 0 Å². The first kappa shape index (κ1) is 17.6. The minimum atomic E-state index is 0.166. The van der Waals surface area contributed by atoms with Crippen LogP contribution in [0, 0.1) is 0 Å². The minimum absolute atomic E-state index is 0.166. The van der Waals surface area contributed by atoms with Crippen LogP contribution >= 0.6 is 25.1 Å². The predicted octanol–water partition coefficient (Wildman–Crippen LogP) is 6.12. The van der Waals surface area contributed by atoms with Crippen molar-refractivity contribution in [2.75, 3.05) is 26.7 Å². The molecule has 0 spiro atoms. The molecule has 3 heteroatoms. The van der Waals surface area contributed by atoms with Crippen LogP contribution in [0.3, 0.4) is 0 Å². The average molecular weight is 332 g/mol. The lowest BCUT2D eigenvalue weighted by Crippen LogP contribution is -2.52. The zero-order valence-electron chi connectivity index (χ0n) is 14.1. The molecule has 118 valence electrons. The molecule has 1 atom stereocenters. The highest BCUT2D eigenvalue weighted by atomic mass is 31.1. The quantitative estimate of drug-likeness (QED) is 0.544. The molecule has 20 heavy (non-hydrogen) atoms. The maximum Gasteiger partial charge on any atom is -0.00280 e. The van der Waals surface area contributed by atoms with E-state index < -0.39 is 0 Å². The van der Waals surface area contributed by atoms with E-state index in [1.54, 1.807) is 0 Å². The maximum atomic E-state index is 3.42. The second-order valence-electron chi connectivity index (χ2n) is 7.59. The average Bonchev–Trinajstić information content (AvgIpc) is 2.47. The highest BCUT2D eigenvalue weighted by Crippen LogP contribution is 2.66. The third-order valence-corrected chi connectivity index (χ3v) is 13.2. The Labute approximate surface area is 132 Å². The zero-order chi connectivity index (χ0) is 14.8. The van der Waals surface area contributed by atoms with Gasteiger partial charge in [0.25, 0.3) is 0 Å². The normalized spacial score (nSPS) is 26.4. The van der Waals surface area contributed by atoms with Crippen molar-refractivity contribution < 1.29 is 0 Å². The van der Waals surface area contributed by atoms with Crippen LogP contribution in [0.15, 0.2) is 0 Å². The van der Waals surface area contributed by atoms with Gasteiger partial charge in [-0.1, -0.05) is 38.5 Å². The van der Waals surface area contributed by atoms with Crippen LogP contribution in [0.5, 0.6) is 0 Å². The molecule has 2 rings (SSSR count). The van der Waals surface area contributed by atoms with Crippen molar-refractivity contribution in [1.29, 1.82) is 0 Å². The fraction of sp³-hybridized carbons (Fsp3) is 1.00. The standard InChI is InChI=1S/C17H35P3/c1-19(2)16(11-7-5-8-12-16)15(18)17(20(3)4)13-9-6-10-14-17/h15H,5-14,18H2,1-4H3. The molecule has 0 bridgehead atoms. The van der Waals surface area contributed by atoms with Crippen molar-refractivity contribution >= 4 is 25.1 Å². The molecule has 0 aliphatic heterocycles. The molecule has 0 aromatic rings. The van der Waals surface area contributed by atoms with Gasteiger partial charge in [-0.25, -0.2) is 0 Å². The Morgan fingerprint density at radius 3 is 1.20 bits per heavy atom. The lowest BCUT2D eigenvalue weighted by Gasteiger charge is -2.56. The Morgan fingerprint density at radius 2 is 0.950 bits per heavy atom. The second-order valence-corrected chi connectivity index (χ2v) is 13.6. The van der Waals surface area contributed by atoms with Gasteiger partial charge in [0.2, 0.25) is 0 Å². The van der Waals surface area contributed by atoms with Crippen LogP contribution < -0.4 is 0 Å². The van der Waals surface area contributed by atoms with E-state index in [1.165, 1.54) is 64.2 Å². The topological polar surface area (TPSA) is 0 Å². The molecule has 2 aliphatic rings. The summed E-state index contributed by atoms with van der Waals surface area (Å²) in [6.07, 6.45) is 15.0. The van der Waals surface area contributed by atoms with Gasteiger partial charge < -0.3 is 0 Å². The lowest BCUT2D eigenvalue weighted by atomic mass is 9.75. The van der Waals surface area contributed by atoms with E-state index in [0.717, 1.165) is 5.66 Å². The Kier molecular flexibility index (Phi) is 6.39. The summed E-state index contributed by atoms with van der Waals surface area (Å²) >= 11 is 0. The lowest BCUT2D eigenvalue weighted by molar-refractivity contribution is 0.296.